The number of amides is 1. The zero-order valence-electron chi connectivity index (χ0n) is 8.31. The van der Waals surface area contributed by atoms with Crippen LogP contribution in [0.1, 0.15) is 6.92 Å². The highest BCUT2D eigenvalue weighted by atomic mass is 19.2. The lowest BCUT2D eigenvalue weighted by molar-refractivity contribution is -0.115. The van der Waals surface area contributed by atoms with Crippen LogP contribution in [0.15, 0.2) is 18.2 Å². The van der Waals surface area contributed by atoms with Crippen LogP contribution in [-0.2, 0) is 4.79 Å². The van der Waals surface area contributed by atoms with Gasteiger partial charge in [0.15, 0.2) is 11.6 Å². The van der Waals surface area contributed by atoms with Gasteiger partial charge < -0.3 is 10.6 Å². The molecular formula is C10H12F2N2O. The van der Waals surface area contributed by atoms with Gasteiger partial charge in [-0.3, -0.25) is 4.79 Å². The maximum atomic E-state index is 13.1. The summed E-state index contributed by atoms with van der Waals surface area (Å²) < 4.78 is 25.8. The van der Waals surface area contributed by atoms with E-state index in [0.29, 0.717) is 6.54 Å². The van der Waals surface area contributed by atoms with E-state index in [2.05, 4.69) is 10.6 Å². The number of rotatable bonds is 4. The zero-order valence-corrected chi connectivity index (χ0v) is 8.31. The number of anilines is 1. The lowest BCUT2D eigenvalue weighted by Gasteiger charge is -2.06. The van der Waals surface area contributed by atoms with Gasteiger partial charge in [0, 0.05) is 0 Å². The average Bonchev–Trinajstić information content (AvgIpc) is 2.22. The number of likely N-dealkylation sites (N-methyl/N-ethyl adjacent to an activating group) is 1. The lowest BCUT2D eigenvalue weighted by atomic mass is 10.3. The molecule has 2 N–H and O–H groups in total. The monoisotopic (exact) mass is 214 g/mol. The molecule has 0 aromatic heterocycles. The molecule has 0 fully saturated rings. The molecule has 0 heterocycles. The second kappa shape index (κ2) is 5.41. The number of hydrogen-bond acceptors (Lipinski definition) is 2. The van der Waals surface area contributed by atoms with E-state index >= 15 is 0 Å². The first-order valence-corrected chi connectivity index (χ1v) is 4.59. The first-order chi connectivity index (χ1) is 7.15. The van der Waals surface area contributed by atoms with Crippen molar-refractivity contribution in [1.82, 2.24) is 5.32 Å². The summed E-state index contributed by atoms with van der Waals surface area (Å²) in [5.41, 5.74) is -0.141. The molecule has 0 saturated heterocycles. The SMILES string of the molecule is CCNCC(=O)Nc1cccc(F)c1F. The van der Waals surface area contributed by atoms with Crippen LogP contribution in [-0.4, -0.2) is 19.0 Å². The van der Waals surface area contributed by atoms with E-state index in [1.807, 2.05) is 6.92 Å². The summed E-state index contributed by atoms with van der Waals surface area (Å²) >= 11 is 0. The molecule has 0 unspecified atom stereocenters. The van der Waals surface area contributed by atoms with Gasteiger partial charge in [0.1, 0.15) is 0 Å². The summed E-state index contributed by atoms with van der Waals surface area (Å²) in [6.07, 6.45) is 0. The molecule has 5 heteroatoms. The van der Waals surface area contributed by atoms with E-state index in [9.17, 15) is 13.6 Å². The minimum Gasteiger partial charge on any atom is -0.322 e. The number of carbonyl (C=O) groups is 1. The number of hydrogen-bond donors (Lipinski definition) is 2. The number of carbonyl (C=O) groups excluding carboxylic acids is 1. The fourth-order valence-electron chi connectivity index (χ4n) is 1.03. The van der Waals surface area contributed by atoms with Gasteiger partial charge in [-0.2, -0.15) is 0 Å². The van der Waals surface area contributed by atoms with Crippen molar-refractivity contribution >= 4 is 11.6 Å². The second-order valence-corrected chi connectivity index (χ2v) is 2.93. The molecule has 0 saturated carbocycles. The molecule has 1 rings (SSSR count). The molecule has 15 heavy (non-hydrogen) atoms. The van der Waals surface area contributed by atoms with Crippen LogP contribution in [0, 0.1) is 11.6 Å². The molecule has 1 aromatic rings. The van der Waals surface area contributed by atoms with Crippen molar-refractivity contribution in [3.63, 3.8) is 0 Å². The van der Waals surface area contributed by atoms with Gasteiger partial charge in [0.25, 0.3) is 0 Å². The van der Waals surface area contributed by atoms with E-state index in [-0.39, 0.29) is 12.2 Å². The smallest absolute Gasteiger partial charge is 0.238 e. The molecule has 0 aliphatic carbocycles. The summed E-state index contributed by atoms with van der Waals surface area (Å²) in [6.45, 7) is 2.56. The number of nitrogens with one attached hydrogen (secondary N) is 2. The molecule has 0 bridgehead atoms. The summed E-state index contributed by atoms with van der Waals surface area (Å²) in [6, 6.07) is 3.64. The molecule has 0 spiro atoms. The van der Waals surface area contributed by atoms with Gasteiger partial charge in [0.05, 0.1) is 12.2 Å². The Morgan fingerprint density at radius 1 is 1.40 bits per heavy atom. The Bertz CT molecular complexity index is 355. The van der Waals surface area contributed by atoms with Gasteiger partial charge in [0.2, 0.25) is 5.91 Å². The highest BCUT2D eigenvalue weighted by Gasteiger charge is 2.09. The van der Waals surface area contributed by atoms with Crippen molar-refractivity contribution in [2.24, 2.45) is 0 Å². The predicted octanol–water partition coefficient (Wildman–Crippen LogP) is 1.51. The van der Waals surface area contributed by atoms with Crippen LogP contribution in [0.3, 0.4) is 0 Å². The lowest BCUT2D eigenvalue weighted by Crippen LogP contribution is -2.28. The molecule has 0 radical (unpaired) electrons. The third-order valence-corrected chi connectivity index (χ3v) is 1.76. The van der Waals surface area contributed by atoms with Crippen LogP contribution < -0.4 is 10.6 Å². The first-order valence-electron chi connectivity index (χ1n) is 4.59. The van der Waals surface area contributed by atoms with Crippen molar-refractivity contribution in [1.29, 1.82) is 0 Å². The normalized spacial score (nSPS) is 10.1. The van der Waals surface area contributed by atoms with E-state index in [0.717, 1.165) is 6.07 Å². The largest absolute Gasteiger partial charge is 0.322 e. The quantitative estimate of drug-likeness (QED) is 0.797. The Morgan fingerprint density at radius 2 is 2.13 bits per heavy atom. The highest BCUT2D eigenvalue weighted by Crippen LogP contribution is 2.15. The van der Waals surface area contributed by atoms with E-state index in [1.165, 1.54) is 12.1 Å². The van der Waals surface area contributed by atoms with Crippen molar-refractivity contribution in [2.45, 2.75) is 6.92 Å². The molecule has 0 aliphatic heterocycles. The van der Waals surface area contributed by atoms with Gasteiger partial charge >= 0.3 is 0 Å². The third kappa shape index (κ3) is 3.28. The van der Waals surface area contributed by atoms with Crippen LogP contribution >= 0.6 is 0 Å². The average molecular weight is 214 g/mol. The number of benzene rings is 1. The maximum Gasteiger partial charge on any atom is 0.238 e. The summed E-state index contributed by atoms with van der Waals surface area (Å²) in [7, 11) is 0. The topological polar surface area (TPSA) is 41.1 Å². The molecule has 3 nitrogen and oxygen atoms in total. The van der Waals surface area contributed by atoms with Gasteiger partial charge in [-0.15, -0.1) is 0 Å². The van der Waals surface area contributed by atoms with Crippen LogP contribution in [0.2, 0.25) is 0 Å². The molecule has 1 aromatic carbocycles. The van der Waals surface area contributed by atoms with Crippen LogP contribution in [0.25, 0.3) is 0 Å². The molecule has 0 atom stereocenters. The Balaban J connectivity index is 2.64. The van der Waals surface area contributed by atoms with Crippen molar-refractivity contribution in [3.05, 3.63) is 29.8 Å². The molecule has 0 aliphatic rings. The summed E-state index contributed by atoms with van der Waals surface area (Å²) in [5.74, 6) is -2.42. The van der Waals surface area contributed by atoms with Gasteiger partial charge in [-0.25, -0.2) is 8.78 Å². The summed E-state index contributed by atoms with van der Waals surface area (Å²) in [5, 5.41) is 5.04. The maximum absolute atomic E-state index is 13.1. The third-order valence-electron chi connectivity index (χ3n) is 1.76. The minimum atomic E-state index is -1.04. The van der Waals surface area contributed by atoms with Crippen LogP contribution in [0.5, 0.6) is 0 Å². The van der Waals surface area contributed by atoms with Crippen molar-refractivity contribution in [3.8, 4) is 0 Å². The van der Waals surface area contributed by atoms with Crippen molar-refractivity contribution in [2.75, 3.05) is 18.4 Å². The zero-order chi connectivity index (χ0) is 11.3. The minimum absolute atomic E-state index is 0.0758. The first kappa shape index (κ1) is 11.6. The Morgan fingerprint density at radius 3 is 2.80 bits per heavy atom. The Kier molecular flexibility index (Phi) is 4.17. The van der Waals surface area contributed by atoms with E-state index in [4.69, 9.17) is 0 Å². The Labute approximate surface area is 86.5 Å². The van der Waals surface area contributed by atoms with Gasteiger partial charge in [-0.1, -0.05) is 13.0 Å². The summed E-state index contributed by atoms with van der Waals surface area (Å²) in [4.78, 5) is 11.2. The predicted molar refractivity (Wildman–Crippen MR) is 53.5 cm³/mol. The fourth-order valence-corrected chi connectivity index (χ4v) is 1.03. The van der Waals surface area contributed by atoms with Crippen molar-refractivity contribution < 1.29 is 13.6 Å². The van der Waals surface area contributed by atoms with E-state index < -0.39 is 17.5 Å². The highest BCUT2D eigenvalue weighted by molar-refractivity contribution is 5.92. The standard InChI is InChI=1S/C10H12F2N2O/c1-2-13-6-9(15)14-8-5-3-4-7(11)10(8)12/h3-5,13H,2,6H2,1H3,(H,14,15). The second-order valence-electron chi connectivity index (χ2n) is 2.93. The van der Waals surface area contributed by atoms with Gasteiger partial charge in [-0.05, 0) is 18.7 Å². The van der Waals surface area contributed by atoms with Crippen LogP contribution in [0.4, 0.5) is 14.5 Å². The number of halogens is 2. The molecule has 1 amide bonds. The molecular weight excluding hydrogens is 202 g/mol. The van der Waals surface area contributed by atoms with E-state index in [1.54, 1.807) is 0 Å². The Hall–Kier alpha value is -1.49. The fraction of sp³-hybridized carbons (Fsp3) is 0.300. The molecule has 82 valence electrons.